The molecule has 0 spiro atoms. The highest BCUT2D eigenvalue weighted by molar-refractivity contribution is 5.80. The van der Waals surface area contributed by atoms with Crippen LogP contribution >= 0.6 is 0 Å². The van der Waals surface area contributed by atoms with Crippen molar-refractivity contribution in [1.82, 2.24) is 9.55 Å². The molecule has 1 fully saturated rings. The Hall–Kier alpha value is -3.04. The number of nitrogens with zero attached hydrogens (tertiary/aromatic N) is 4. The molecule has 1 aliphatic heterocycles. The van der Waals surface area contributed by atoms with E-state index in [1.54, 1.807) is 7.11 Å². The average molecular weight is 361 g/mol. The lowest BCUT2D eigenvalue weighted by molar-refractivity contribution is 0.415. The number of hydrogen-bond donors (Lipinski definition) is 1. The fraction of sp³-hybridized carbons (Fsp3) is 0.333. The molecule has 6 heteroatoms. The van der Waals surface area contributed by atoms with Gasteiger partial charge in [0.05, 0.1) is 36.3 Å². The van der Waals surface area contributed by atoms with Crippen LogP contribution in [0.5, 0.6) is 5.75 Å². The molecule has 0 unspecified atom stereocenters. The van der Waals surface area contributed by atoms with Crippen LogP contribution in [0.2, 0.25) is 0 Å². The lowest BCUT2D eigenvalue weighted by Gasteiger charge is -2.32. The minimum atomic E-state index is 0.177. The van der Waals surface area contributed by atoms with E-state index in [0.29, 0.717) is 12.1 Å². The molecule has 2 heterocycles. The van der Waals surface area contributed by atoms with E-state index in [1.165, 1.54) is 0 Å². The van der Waals surface area contributed by atoms with Crippen LogP contribution in [0.1, 0.15) is 24.0 Å². The van der Waals surface area contributed by atoms with E-state index < -0.39 is 0 Å². The number of nitrogens with two attached hydrogens (primary N) is 1. The van der Waals surface area contributed by atoms with Gasteiger partial charge in [-0.1, -0.05) is 12.1 Å². The van der Waals surface area contributed by atoms with Crippen LogP contribution in [0, 0.1) is 11.3 Å². The summed E-state index contributed by atoms with van der Waals surface area (Å²) in [6.07, 6.45) is 2.13. The van der Waals surface area contributed by atoms with Crippen LogP contribution < -0.4 is 15.4 Å². The molecular formula is C21H23N5O. The number of anilines is 1. The maximum absolute atomic E-state index is 9.02. The molecule has 3 aromatic rings. The van der Waals surface area contributed by atoms with Gasteiger partial charge in [-0.25, -0.2) is 4.98 Å². The number of piperidine rings is 1. The molecule has 138 valence electrons. The van der Waals surface area contributed by atoms with Crippen LogP contribution in [0.4, 0.5) is 5.95 Å². The monoisotopic (exact) mass is 361 g/mol. The summed E-state index contributed by atoms with van der Waals surface area (Å²) in [6, 6.07) is 16.0. The van der Waals surface area contributed by atoms with Gasteiger partial charge in [0.2, 0.25) is 5.95 Å². The van der Waals surface area contributed by atoms with Gasteiger partial charge in [0.25, 0.3) is 0 Å². The summed E-state index contributed by atoms with van der Waals surface area (Å²) < 4.78 is 7.59. The number of nitriles is 1. The Morgan fingerprint density at radius 2 is 2.07 bits per heavy atom. The van der Waals surface area contributed by atoms with Crippen molar-refractivity contribution in [2.75, 3.05) is 25.1 Å². The van der Waals surface area contributed by atoms with Crippen LogP contribution in [-0.2, 0) is 6.54 Å². The van der Waals surface area contributed by atoms with Gasteiger partial charge in [0, 0.05) is 25.2 Å². The molecule has 0 amide bonds. The van der Waals surface area contributed by atoms with Gasteiger partial charge in [-0.3, -0.25) is 0 Å². The van der Waals surface area contributed by atoms with Gasteiger partial charge >= 0.3 is 0 Å². The smallest absolute Gasteiger partial charge is 0.206 e. The Morgan fingerprint density at radius 1 is 1.26 bits per heavy atom. The van der Waals surface area contributed by atoms with E-state index in [1.807, 2.05) is 36.4 Å². The number of fused-ring (bicyclic) bond motifs is 1. The summed E-state index contributed by atoms with van der Waals surface area (Å²) >= 11 is 0. The van der Waals surface area contributed by atoms with Crippen LogP contribution in [0.15, 0.2) is 42.5 Å². The third-order valence-electron chi connectivity index (χ3n) is 5.10. The van der Waals surface area contributed by atoms with Gasteiger partial charge < -0.3 is 19.9 Å². The molecule has 0 radical (unpaired) electrons. The Labute approximate surface area is 158 Å². The van der Waals surface area contributed by atoms with Gasteiger partial charge in [0.15, 0.2) is 0 Å². The molecule has 27 heavy (non-hydrogen) atoms. The van der Waals surface area contributed by atoms with E-state index in [2.05, 4.69) is 21.6 Å². The van der Waals surface area contributed by atoms with Gasteiger partial charge in [-0.05, 0) is 42.7 Å². The second-order valence-corrected chi connectivity index (χ2v) is 7.01. The summed E-state index contributed by atoms with van der Waals surface area (Å²) in [6.45, 7) is 2.46. The Kier molecular flexibility index (Phi) is 4.69. The first-order valence-electron chi connectivity index (χ1n) is 9.22. The highest BCUT2D eigenvalue weighted by Crippen LogP contribution is 2.28. The van der Waals surface area contributed by atoms with E-state index in [0.717, 1.165) is 54.2 Å². The lowest BCUT2D eigenvalue weighted by Crippen LogP contribution is -2.44. The molecule has 1 aromatic heterocycles. The first kappa shape index (κ1) is 17.4. The topological polar surface area (TPSA) is 80.1 Å². The third kappa shape index (κ3) is 3.46. The van der Waals surface area contributed by atoms with Crippen molar-refractivity contribution < 1.29 is 4.74 Å². The maximum atomic E-state index is 9.02. The predicted octanol–water partition coefficient (Wildman–Crippen LogP) is 2.89. The summed E-state index contributed by atoms with van der Waals surface area (Å²) in [7, 11) is 1.67. The fourth-order valence-corrected chi connectivity index (χ4v) is 3.68. The second-order valence-electron chi connectivity index (χ2n) is 7.01. The minimum absolute atomic E-state index is 0.177. The second kappa shape index (κ2) is 7.29. The first-order valence-corrected chi connectivity index (χ1v) is 9.22. The van der Waals surface area contributed by atoms with Gasteiger partial charge in [-0.15, -0.1) is 0 Å². The summed E-state index contributed by atoms with van der Waals surface area (Å²) in [5.74, 6) is 1.74. The zero-order chi connectivity index (χ0) is 18.8. The summed E-state index contributed by atoms with van der Waals surface area (Å²) in [4.78, 5) is 7.19. The lowest BCUT2D eigenvalue weighted by atomic mass is 10.1. The highest BCUT2D eigenvalue weighted by Gasteiger charge is 2.23. The van der Waals surface area contributed by atoms with Crippen molar-refractivity contribution >= 4 is 17.0 Å². The van der Waals surface area contributed by atoms with E-state index in [9.17, 15) is 0 Å². The minimum Gasteiger partial charge on any atom is -0.497 e. The number of ether oxygens (including phenoxy) is 1. The van der Waals surface area contributed by atoms with Crippen LogP contribution in [0.25, 0.3) is 11.0 Å². The predicted molar refractivity (Wildman–Crippen MR) is 106 cm³/mol. The highest BCUT2D eigenvalue weighted by atomic mass is 16.5. The van der Waals surface area contributed by atoms with Gasteiger partial charge in [0.1, 0.15) is 5.75 Å². The zero-order valence-electron chi connectivity index (χ0n) is 15.4. The molecule has 1 atom stereocenters. The van der Waals surface area contributed by atoms with Crippen molar-refractivity contribution in [1.29, 1.82) is 5.26 Å². The van der Waals surface area contributed by atoms with Crippen LogP contribution in [0.3, 0.4) is 0 Å². The molecule has 2 aromatic carbocycles. The SMILES string of the molecule is COc1ccc2c(c1)nc(N1CCC[C@@H](N)C1)n2Cc1ccc(C#N)cc1. The Bertz CT molecular complexity index is 986. The summed E-state index contributed by atoms with van der Waals surface area (Å²) in [5, 5.41) is 9.02. The number of imidazole rings is 1. The molecule has 1 aliphatic rings. The van der Waals surface area contributed by atoms with E-state index in [4.69, 9.17) is 20.7 Å². The van der Waals surface area contributed by atoms with Gasteiger partial charge in [-0.2, -0.15) is 5.26 Å². The normalized spacial score (nSPS) is 17.1. The average Bonchev–Trinajstić information content (AvgIpc) is 3.06. The molecule has 0 saturated carbocycles. The van der Waals surface area contributed by atoms with E-state index >= 15 is 0 Å². The molecule has 2 N–H and O–H groups in total. The Morgan fingerprint density at radius 3 is 2.78 bits per heavy atom. The van der Waals surface area contributed by atoms with Crippen molar-refractivity contribution in [3.8, 4) is 11.8 Å². The number of benzene rings is 2. The standard InChI is InChI=1S/C21H23N5O/c1-27-18-8-9-20-19(11-18)24-21(25-10-2-3-17(23)14-25)26(20)13-16-6-4-15(12-22)5-7-16/h4-9,11,17H,2-3,10,13-14,23H2,1H3/t17-/m1/s1. The number of rotatable bonds is 4. The number of hydrogen-bond acceptors (Lipinski definition) is 5. The number of methoxy groups -OCH3 is 1. The largest absolute Gasteiger partial charge is 0.497 e. The molecular weight excluding hydrogens is 338 g/mol. The summed E-state index contributed by atoms with van der Waals surface area (Å²) in [5.41, 5.74) is 9.98. The van der Waals surface area contributed by atoms with Crippen molar-refractivity contribution in [3.05, 3.63) is 53.6 Å². The molecule has 4 rings (SSSR count). The maximum Gasteiger partial charge on any atom is 0.206 e. The number of aromatic nitrogens is 2. The van der Waals surface area contributed by atoms with Crippen molar-refractivity contribution in [2.45, 2.75) is 25.4 Å². The third-order valence-corrected chi connectivity index (χ3v) is 5.10. The molecule has 6 nitrogen and oxygen atoms in total. The van der Waals surface area contributed by atoms with Crippen molar-refractivity contribution in [3.63, 3.8) is 0 Å². The molecule has 0 bridgehead atoms. The Balaban J connectivity index is 1.77. The zero-order valence-corrected chi connectivity index (χ0v) is 15.4. The van der Waals surface area contributed by atoms with Crippen LogP contribution in [-0.4, -0.2) is 35.8 Å². The quantitative estimate of drug-likeness (QED) is 0.773. The first-order chi connectivity index (χ1) is 13.2. The molecule has 0 aliphatic carbocycles. The fourth-order valence-electron chi connectivity index (χ4n) is 3.68. The molecule has 1 saturated heterocycles. The van der Waals surface area contributed by atoms with Crippen molar-refractivity contribution in [2.24, 2.45) is 5.73 Å². The van der Waals surface area contributed by atoms with E-state index in [-0.39, 0.29) is 6.04 Å².